The molecule has 3 unspecified atom stereocenters. The van der Waals surface area contributed by atoms with E-state index in [0.717, 1.165) is 51.4 Å². The lowest BCUT2D eigenvalue weighted by Gasteiger charge is -2.18. The zero-order valence-corrected chi connectivity index (χ0v) is 52.4. The molecule has 0 aliphatic heterocycles. The number of aliphatic hydroxyl groups excluding tert-OH is 1. The number of unbranched alkanes of at least 4 members (excludes halogenated alkanes) is 20. The van der Waals surface area contributed by atoms with Crippen LogP contribution in [0.3, 0.4) is 0 Å². The number of esters is 3. The van der Waals surface area contributed by atoms with E-state index in [0.29, 0.717) is 30.6 Å². The Morgan fingerprint density at radius 1 is 0.432 bits per heavy atom. The summed E-state index contributed by atoms with van der Waals surface area (Å²) in [5.41, 5.74) is 0. The van der Waals surface area contributed by atoms with Gasteiger partial charge < -0.3 is 38.9 Å². The molecule has 16 nitrogen and oxygen atoms in total. The van der Waals surface area contributed by atoms with Crippen LogP contribution >= 0.6 is 15.6 Å². The highest BCUT2D eigenvalue weighted by molar-refractivity contribution is 7.46. The van der Waals surface area contributed by atoms with Crippen molar-refractivity contribution in [3.05, 3.63) is 48.6 Å². The summed E-state index contributed by atoms with van der Waals surface area (Å²) in [5, 5.41) is 9.35. The highest BCUT2D eigenvalue weighted by Gasteiger charge is 2.23. The molecule has 0 spiro atoms. The number of ketones is 1. The number of carbonyl (C=O) groups excluding carboxylic acids is 4. The lowest BCUT2D eigenvalue weighted by molar-refractivity contribution is -0.160. The molecule has 0 bridgehead atoms. The molecule has 18 heteroatoms. The number of phosphoric ester groups is 2. The highest BCUT2D eigenvalue weighted by atomic mass is 31.2. The van der Waals surface area contributed by atoms with Crippen molar-refractivity contribution in [1.29, 1.82) is 0 Å². The number of phosphoric acid groups is 2. The van der Waals surface area contributed by atoms with E-state index in [2.05, 4.69) is 75.7 Å². The Kier molecular flexibility index (Phi) is 66.3. The molecule has 0 aliphatic carbocycles. The average molecular weight is 1200 g/mol. The first kappa shape index (κ1) is 87.0. The summed E-state index contributed by atoms with van der Waals surface area (Å²) >= 11 is 0. The molecule has 0 aromatic heterocycles. The molecule has 0 aromatic rings. The monoisotopic (exact) mass is 1200 g/mol. The van der Waals surface area contributed by atoms with Gasteiger partial charge in [0.2, 0.25) is 0 Å². The molecule has 5 N–H and O–H groups in total. The summed E-state index contributed by atoms with van der Waals surface area (Å²) in [6, 6.07) is 0. The average Bonchev–Trinajstić information content (AvgIpc) is 3.38. The first-order chi connectivity index (χ1) is 37.6. The van der Waals surface area contributed by atoms with Gasteiger partial charge in [0, 0.05) is 12.8 Å². The van der Waals surface area contributed by atoms with Crippen LogP contribution in [0.15, 0.2) is 48.6 Å². The fraction of sp³-hybridized carbons (Fsp3) is 0.810. The Balaban J connectivity index is -0.000000412. The fourth-order valence-electron chi connectivity index (χ4n) is 7.83. The van der Waals surface area contributed by atoms with Gasteiger partial charge in [0.1, 0.15) is 25.1 Å². The minimum absolute atomic E-state index is 0. The fourth-order valence-corrected chi connectivity index (χ4v) is 8.56. The van der Waals surface area contributed by atoms with E-state index in [1.54, 1.807) is 19.1 Å². The maximum atomic E-state index is 12.3. The molecule has 0 heterocycles. The van der Waals surface area contributed by atoms with Crippen LogP contribution in [0, 0.1) is 17.8 Å². The van der Waals surface area contributed by atoms with Gasteiger partial charge in [-0.05, 0) is 76.0 Å². The van der Waals surface area contributed by atoms with E-state index in [-0.39, 0.29) is 53.1 Å². The van der Waals surface area contributed by atoms with Gasteiger partial charge in [-0.25, -0.2) is 9.13 Å². The number of ether oxygens (including phenoxy) is 3. The molecule has 480 valence electrons. The predicted octanol–water partition coefficient (Wildman–Crippen LogP) is 17.1. The second-order valence-electron chi connectivity index (χ2n) is 21.1. The number of rotatable bonds is 50. The Morgan fingerprint density at radius 3 is 1.17 bits per heavy atom. The van der Waals surface area contributed by atoms with Crippen LogP contribution in [0.1, 0.15) is 276 Å². The second-order valence-corrected chi connectivity index (χ2v) is 23.6. The quantitative estimate of drug-likeness (QED) is 0.0125. The van der Waals surface area contributed by atoms with Crippen molar-refractivity contribution in [3.8, 4) is 0 Å². The van der Waals surface area contributed by atoms with Crippen LogP contribution in [0.4, 0.5) is 0 Å². The van der Waals surface area contributed by atoms with Gasteiger partial charge in [-0.1, -0.05) is 240 Å². The number of aliphatic hydroxyl groups is 1. The number of hydrogen-bond acceptors (Lipinski definition) is 12. The number of Topliss-reactive ketones (excluding diaryl/α,β-unsaturated/α-hetero) is 1. The van der Waals surface area contributed by atoms with Crippen molar-refractivity contribution >= 4 is 39.3 Å². The van der Waals surface area contributed by atoms with E-state index in [4.69, 9.17) is 33.8 Å². The first-order valence-corrected chi connectivity index (χ1v) is 33.4. The summed E-state index contributed by atoms with van der Waals surface area (Å²) in [6.45, 7) is 15.1. The molecule has 0 saturated carbocycles. The summed E-state index contributed by atoms with van der Waals surface area (Å²) < 4.78 is 45.4. The summed E-state index contributed by atoms with van der Waals surface area (Å²) in [5.74, 6) is 0.150. The third kappa shape index (κ3) is 75.2. The van der Waals surface area contributed by atoms with Crippen LogP contribution in [0.25, 0.3) is 0 Å². The van der Waals surface area contributed by atoms with Gasteiger partial charge in [-0.15, -0.1) is 0 Å². The minimum Gasteiger partial charge on any atom is -0.463 e. The highest BCUT2D eigenvalue weighted by Crippen LogP contribution is 2.36. The van der Waals surface area contributed by atoms with Crippen molar-refractivity contribution in [1.82, 2.24) is 0 Å². The van der Waals surface area contributed by atoms with Gasteiger partial charge in [-0.2, -0.15) is 0 Å². The van der Waals surface area contributed by atoms with Crippen LogP contribution in [-0.2, 0) is 51.6 Å². The Bertz CT molecular complexity index is 1670. The summed E-state index contributed by atoms with van der Waals surface area (Å²) in [7, 11) is -9.38. The standard InChI is InChI=1S/C33H61O8P.C15H29O7P.C13H24O.2CH4/c1-4-6-8-10-11-12-13-14-15-16-17-18-19-20-22-26-33(35)41-31(29-40-42(36,37)38)28-39-32(34)27-23-25-30(3)24-21-9-7-5-2;1-3-4-5-6-8-13(2)9-7-10-15(17)21-11-14(16)12-22-23(18,19)20;1-4-5-6-7-9-12(2)10-8-11-13(3)14;;/h14-15,23,25,30-31H,4-13,16-22,24,26-29H2,1-3H3,(H2,36,37,38);7,9,13-14,16H,3-6,8,10-12H2,1-2H3,(H2,18,19,20);8,10,12H,4-7,9,11H2,1-3H3;2*1H4/b15-14-,25-23-;9-7-;10-8-;;/t30?,31-;13?,14-;;;/m00.../s1. The molecule has 81 heavy (non-hydrogen) atoms. The first-order valence-electron chi connectivity index (χ1n) is 30.3. The summed E-state index contributed by atoms with van der Waals surface area (Å²) in [4.78, 5) is 81.5. The SMILES string of the molecule is C.C.CCCCCCC(C)/C=C\CC(=O)OC[C@H](O)COP(=O)(O)O.CCCCCCC(C)/C=C\CC(C)=O.CCCCCCCC/C=C\CCCCCCCC(=O)O[C@@H](COC(=O)C/C=C\C(C)CCCCCC)COP(=O)(O)O. The normalized spacial score (nSPS) is 13.5. The smallest absolute Gasteiger partial charge is 0.463 e. The van der Waals surface area contributed by atoms with Crippen molar-refractivity contribution < 1.29 is 76.2 Å². The van der Waals surface area contributed by atoms with Crippen LogP contribution < -0.4 is 0 Å². The van der Waals surface area contributed by atoms with Gasteiger partial charge >= 0.3 is 33.6 Å². The van der Waals surface area contributed by atoms with E-state index < -0.39 is 59.0 Å². The molecule has 0 aliphatic rings. The third-order valence-corrected chi connectivity index (χ3v) is 13.5. The lowest BCUT2D eigenvalue weighted by Crippen LogP contribution is -2.29. The van der Waals surface area contributed by atoms with Gasteiger partial charge in [0.25, 0.3) is 0 Å². The molecule has 0 rings (SSSR count). The van der Waals surface area contributed by atoms with E-state index in [1.165, 1.54) is 122 Å². The lowest BCUT2D eigenvalue weighted by atomic mass is 10.0. The van der Waals surface area contributed by atoms with Crippen LogP contribution in [0.5, 0.6) is 0 Å². The third-order valence-electron chi connectivity index (χ3n) is 12.6. The van der Waals surface area contributed by atoms with Crippen molar-refractivity contribution in [2.45, 2.75) is 288 Å². The largest absolute Gasteiger partial charge is 0.469 e. The molecule has 0 amide bonds. The zero-order valence-electron chi connectivity index (χ0n) is 50.6. The Hall–Kier alpha value is -2.78. The van der Waals surface area contributed by atoms with Crippen LogP contribution in [0.2, 0.25) is 0 Å². The van der Waals surface area contributed by atoms with Crippen LogP contribution in [-0.4, -0.2) is 87.0 Å². The Morgan fingerprint density at radius 2 is 0.778 bits per heavy atom. The van der Waals surface area contributed by atoms with Gasteiger partial charge in [0.15, 0.2) is 6.10 Å². The predicted molar refractivity (Wildman–Crippen MR) is 332 cm³/mol. The maximum Gasteiger partial charge on any atom is 0.469 e. The topological polar surface area (TPSA) is 250 Å². The van der Waals surface area contributed by atoms with Gasteiger partial charge in [0.05, 0.1) is 26.1 Å². The molecular formula is C63H122O16P2. The molecule has 0 radical (unpaired) electrons. The molecule has 0 aromatic carbocycles. The molecule has 5 atom stereocenters. The van der Waals surface area contributed by atoms with E-state index >= 15 is 0 Å². The number of carbonyl (C=O) groups is 4. The maximum absolute atomic E-state index is 12.3. The number of hydrogen-bond donors (Lipinski definition) is 5. The molecule has 0 saturated heterocycles. The summed E-state index contributed by atoms with van der Waals surface area (Å²) in [6.07, 6.45) is 48.3. The number of allylic oxidation sites excluding steroid dienone is 6. The molecule has 0 fully saturated rings. The van der Waals surface area contributed by atoms with E-state index in [9.17, 15) is 33.4 Å². The molecular weight excluding hydrogens is 1070 g/mol. The Labute approximate surface area is 494 Å². The second kappa shape index (κ2) is 61.8. The van der Waals surface area contributed by atoms with Gasteiger partial charge in [-0.3, -0.25) is 28.2 Å². The van der Waals surface area contributed by atoms with Crippen molar-refractivity contribution in [3.63, 3.8) is 0 Å². The van der Waals surface area contributed by atoms with E-state index in [1.807, 2.05) is 18.2 Å². The van der Waals surface area contributed by atoms with Crippen molar-refractivity contribution in [2.75, 3.05) is 26.4 Å². The zero-order chi connectivity index (χ0) is 59.8. The van der Waals surface area contributed by atoms with Crippen molar-refractivity contribution in [2.24, 2.45) is 17.8 Å². The minimum atomic E-state index is -4.75.